The zero-order chi connectivity index (χ0) is 15.4. The summed E-state index contributed by atoms with van der Waals surface area (Å²) in [6, 6.07) is 4.43. The molecule has 1 unspecified atom stereocenters. The van der Waals surface area contributed by atoms with Crippen LogP contribution in [0.15, 0.2) is 18.5 Å². The molecule has 1 aliphatic rings. The average molecular weight is 300 g/mol. The number of nitrogens with two attached hydrogens (primary N) is 1. The molecule has 3 rings (SSSR count). The number of piperidine rings is 1. The van der Waals surface area contributed by atoms with Crippen LogP contribution in [0, 0.1) is 0 Å². The Morgan fingerprint density at radius 2 is 2.23 bits per heavy atom. The fourth-order valence-electron chi connectivity index (χ4n) is 3.08. The normalized spacial score (nSPS) is 19.4. The third-order valence-electron chi connectivity index (χ3n) is 4.37. The van der Waals surface area contributed by atoms with Crippen LogP contribution in [0.1, 0.15) is 32.6 Å². The molecule has 6 nitrogen and oxygen atoms in total. The molecule has 2 aromatic heterocycles. The summed E-state index contributed by atoms with van der Waals surface area (Å²) in [5.41, 5.74) is 6.33. The van der Waals surface area contributed by atoms with E-state index in [1.54, 1.807) is 6.07 Å². The number of rotatable bonds is 5. The number of aromatic nitrogens is 3. The summed E-state index contributed by atoms with van der Waals surface area (Å²) in [6.07, 6.45) is 6.68. The SMILES string of the molecule is CC1CCCCN1CCCNc1ncnc2nc(N)ccc12. The first-order valence-electron chi connectivity index (χ1n) is 8.09. The summed E-state index contributed by atoms with van der Waals surface area (Å²) in [5, 5.41) is 4.32. The number of nitrogens with one attached hydrogen (secondary N) is 1. The Bertz CT molecular complexity index is 629. The maximum absolute atomic E-state index is 5.69. The van der Waals surface area contributed by atoms with Gasteiger partial charge in [-0.15, -0.1) is 0 Å². The largest absolute Gasteiger partial charge is 0.384 e. The highest BCUT2D eigenvalue weighted by Crippen LogP contribution is 2.19. The van der Waals surface area contributed by atoms with E-state index in [1.165, 1.54) is 32.1 Å². The Hall–Kier alpha value is -1.95. The van der Waals surface area contributed by atoms with Gasteiger partial charge in [0.2, 0.25) is 0 Å². The summed E-state index contributed by atoms with van der Waals surface area (Å²) < 4.78 is 0. The summed E-state index contributed by atoms with van der Waals surface area (Å²) in [5.74, 6) is 1.32. The van der Waals surface area contributed by atoms with Crippen LogP contribution in [0.4, 0.5) is 11.6 Å². The molecule has 0 radical (unpaired) electrons. The van der Waals surface area contributed by atoms with Crippen LogP contribution in [0.25, 0.3) is 11.0 Å². The predicted octanol–water partition coefficient (Wildman–Crippen LogP) is 2.28. The van der Waals surface area contributed by atoms with Gasteiger partial charge in [0.25, 0.3) is 0 Å². The van der Waals surface area contributed by atoms with Gasteiger partial charge in [-0.2, -0.15) is 0 Å². The van der Waals surface area contributed by atoms with E-state index >= 15 is 0 Å². The molecule has 118 valence electrons. The number of nitrogen functional groups attached to an aromatic ring is 1. The van der Waals surface area contributed by atoms with Crippen molar-refractivity contribution in [3.8, 4) is 0 Å². The minimum atomic E-state index is 0.483. The molecule has 3 N–H and O–H groups in total. The zero-order valence-corrected chi connectivity index (χ0v) is 13.1. The van der Waals surface area contributed by atoms with Crippen LogP contribution < -0.4 is 11.1 Å². The minimum Gasteiger partial charge on any atom is -0.384 e. The molecule has 0 bridgehead atoms. The first kappa shape index (κ1) is 15.0. The lowest BCUT2D eigenvalue weighted by atomic mass is 10.0. The first-order valence-corrected chi connectivity index (χ1v) is 8.09. The molecule has 1 atom stereocenters. The van der Waals surface area contributed by atoms with Gasteiger partial charge in [0.1, 0.15) is 18.0 Å². The fraction of sp³-hybridized carbons (Fsp3) is 0.562. The molecule has 6 heteroatoms. The second-order valence-corrected chi connectivity index (χ2v) is 5.99. The standard InChI is InChI=1S/C16H24N6/c1-12-5-2-3-9-22(12)10-4-8-18-15-13-6-7-14(17)21-16(13)20-11-19-15/h6-7,11-12H,2-5,8-10H2,1H3,(H3,17,18,19,20,21). The van der Waals surface area contributed by atoms with Crippen molar-refractivity contribution in [2.75, 3.05) is 30.7 Å². The number of pyridine rings is 1. The Kier molecular flexibility index (Phi) is 4.68. The number of nitrogens with zero attached hydrogens (tertiary/aromatic N) is 4. The van der Waals surface area contributed by atoms with E-state index in [0.717, 1.165) is 36.8 Å². The van der Waals surface area contributed by atoms with E-state index in [2.05, 4.69) is 32.1 Å². The fourth-order valence-corrected chi connectivity index (χ4v) is 3.08. The summed E-state index contributed by atoms with van der Waals surface area (Å²) in [6.45, 7) is 5.61. The molecule has 0 aliphatic carbocycles. The van der Waals surface area contributed by atoms with Gasteiger partial charge < -0.3 is 16.0 Å². The molecule has 0 spiro atoms. The first-order chi connectivity index (χ1) is 10.7. The quantitative estimate of drug-likeness (QED) is 0.825. The topological polar surface area (TPSA) is 80.0 Å². The van der Waals surface area contributed by atoms with Gasteiger partial charge in [0, 0.05) is 19.1 Å². The highest BCUT2D eigenvalue weighted by molar-refractivity contribution is 5.86. The van der Waals surface area contributed by atoms with E-state index in [0.29, 0.717) is 11.5 Å². The number of likely N-dealkylation sites (tertiary alicyclic amines) is 1. The molecule has 2 aromatic rings. The Balaban J connectivity index is 1.55. The van der Waals surface area contributed by atoms with Crippen LogP contribution >= 0.6 is 0 Å². The van der Waals surface area contributed by atoms with Gasteiger partial charge in [0.05, 0.1) is 5.39 Å². The molecule has 3 heterocycles. The van der Waals surface area contributed by atoms with Crippen molar-refractivity contribution < 1.29 is 0 Å². The van der Waals surface area contributed by atoms with Gasteiger partial charge in [-0.1, -0.05) is 6.42 Å². The molecule has 0 saturated carbocycles. The summed E-state index contributed by atoms with van der Waals surface area (Å²) in [4.78, 5) is 15.3. The Labute approximate surface area is 131 Å². The zero-order valence-electron chi connectivity index (χ0n) is 13.1. The molecular formula is C16H24N6. The Morgan fingerprint density at radius 1 is 1.32 bits per heavy atom. The van der Waals surface area contributed by atoms with Gasteiger partial charge >= 0.3 is 0 Å². The third kappa shape index (κ3) is 3.44. The molecule has 1 fully saturated rings. The molecular weight excluding hydrogens is 276 g/mol. The van der Waals surface area contributed by atoms with Crippen LogP contribution in [0.2, 0.25) is 0 Å². The van der Waals surface area contributed by atoms with E-state index in [-0.39, 0.29) is 0 Å². The second kappa shape index (κ2) is 6.87. The van der Waals surface area contributed by atoms with Gasteiger partial charge in [-0.25, -0.2) is 15.0 Å². The lowest BCUT2D eigenvalue weighted by molar-refractivity contribution is 0.160. The number of fused-ring (bicyclic) bond motifs is 1. The second-order valence-electron chi connectivity index (χ2n) is 5.99. The van der Waals surface area contributed by atoms with Crippen molar-refractivity contribution in [2.45, 2.75) is 38.6 Å². The molecule has 22 heavy (non-hydrogen) atoms. The Morgan fingerprint density at radius 3 is 3.09 bits per heavy atom. The molecule has 0 amide bonds. The van der Waals surface area contributed by atoms with E-state index in [1.807, 2.05) is 6.07 Å². The lowest BCUT2D eigenvalue weighted by Crippen LogP contribution is -2.38. The maximum Gasteiger partial charge on any atom is 0.166 e. The van der Waals surface area contributed by atoms with E-state index < -0.39 is 0 Å². The highest BCUT2D eigenvalue weighted by Gasteiger charge is 2.17. The number of hydrogen-bond acceptors (Lipinski definition) is 6. The summed E-state index contributed by atoms with van der Waals surface area (Å²) >= 11 is 0. The lowest BCUT2D eigenvalue weighted by Gasteiger charge is -2.33. The molecule has 1 saturated heterocycles. The molecule has 1 aliphatic heterocycles. The average Bonchev–Trinajstić information content (AvgIpc) is 2.53. The van der Waals surface area contributed by atoms with Gasteiger partial charge in [-0.3, -0.25) is 0 Å². The third-order valence-corrected chi connectivity index (χ3v) is 4.37. The van der Waals surface area contributed by atoms with Crippen molar-refractivity contribution in [2.24, 2.45) is 0 Å². The smallest absolute Gasteiger partial charge is 0.166 e. The van der Waals surface area contributed by atoms with Crippen molar-refractivity contribution in [1.82, 2.24) is 19.9 Å². The van der Waals surface area contributed by atoms with Crippen LogP contribution in [0.3, 0.4) is 0 Å². The van der Waals surface area contributed by atoms with Crippen LogP contribution in [-0.2, 0) is 0 Å². The monoisotopic (exact) mass is 300 g/mol. The highest BCUT2D eigenvalue weighted by atomic mass is 15.2. The van der Waals surface area contributed by atoms with E-state index in [9.17, 15) is 0 Å². The van der Waals surface area contributed by atoms with Crippen molar-refractivity contribution >= 4 is 22.7 Å². The minimum absolute atomic E-state index is 0.483. The molecule has 0 aromatic carbocycles. The van der Waals surface area contributed by atoms with Gasteiger partial charge in [-0.05, 0) is 44.9 Å². The number of hydrogen-bond donors (Lipinski definition) is 2. The van der Waals surface area contributed by atoms with Crippen molar-refractivity contribution in [3.05, 3.63) is 18.5 Å². The predicted molar refractivity (Wildman–Crippen MR) is 89.7 cm³/mol. The van der Waals surface area contributed by atoms with Gasteiger partial charge in [0.15, 0.2) is 5.65 Å². The van der Waals surface area contributed by atoms with E-state index in [4.69, 9.17) is 5.73 Å². The van der Waals surface area contributed by atoms with Crippen molar-refractivity contribution in [3.63, 3.8) is 0 Å². The van der Waals surface area contributed by atoms with Crippen molar-refractivity contribution in [1.29, 1.82) is 0 Å². The summed E-state index contributed by atoms with van der Waals surface area (Å²) in [7, 11) is 0. The maximum atomic E-state index is 5.69. The van der Waals surface area contributed by atoms with Crippen LogP contribution in [0.5, 0.6) is 0 Å². The number of anilines is 2. The van der Waals surface area contributed by atoms with Crippen LogP contribution in [-0.4, -0.2) is 45.5 Å².